The van der Waals surface area contributed by atoms with Gasteiger partial charge in [-0.15, -0.1) is 11.3 Å². The van der Waals surface area contributed by atoms with Crippen molar-refractivity contribution in [3.63, 3.8) is 0 Å². The van der Waals surface area contributed by atoms with E-state index in [2.05, 4.69) is 10.3 Å². The first-order valence-electron chi connectivity index (χ1n) is 7.49. The molecule has 0 bridgehead atoms. The SMILES string of the molecule is O=C(O)COc1ccc(-c2csc(NC(=O)c3cccc(F)c3)n2)cc1. The number of carbonyl (C=O) groups excluding carboxylic acids is 1. The van der Waals surface area contributed by atoms with Crippen molar-refractivity contribution in [2.24, 2.45) is 0 Å². The van der Waals surface area contributed by atoms with Crippen LogP contribution in [0.5, 0.6) is 5.75 Å². The average molecular weight is 372 g/mol. The van der Waals surface area contributed by atoms with Gasteiger partial charge in [-0.1, -0.05) is 6.07 Å². The maximum atomic E-state index is 13.2. The number of ether oxygens (including phenoxy) is 1. The van der Waals surface area contributed by atoms with Gasteiger partial charge in [0.1, 0.15) is 11.6 Å². The van der Waals surface area contributed by atoms with Crippen molar-refractivity contribution in [2.75, 3.05) is 11.9 Å². The fraction of sp³-hybridized carbons (Fsp3) is 0.0556. The van der Waals surface area contributed by atoms with E-state index in [1.807, 2.05) is 0 Å². The Balaban J connectivity index is 1.67. The number of nitrogens with zero attached hydrogens (tertiary/aromatic N) is 1. The fourth-order valence-corrected chi connectivity index (χ4v) is 2.84. The molecule has 3 rings (SSSR count). The predicted molar refractivity (Wildman–Crippen MR) is 95.0 cm³/mol. The van der Waals surface area contributed by atoms with Crippen LogP contribution in [0.15, 0.2) is 53.9 Å². The Kier molecular flexibility index (Phi) is 5.23. The summed E-state index contributed by atoms with van der Waals surface area (Å²) in [5.74, 6) is -1.54. The van der Waals surface area contributed by atoms with E-state index in [1.54, 1.807) is 29.6 Å². The smallest absolute Gasteiger partial charge is 0.341 e. The molecule has 1 aromatic heterocycles. The Morgan fingerprint density at radius 2 is 1.96 bits per heavy atom. The molecule has 0 saturated carbocycles. The van der Waals surface area contributed by atoms with Gasteiger partial charge in [0.05, 0.1) is 5.69 Å². The second-order valence-corrected chi connectivity index (χ2v) is 6.07. The summed E-state index contributed by atoms with van der Waals surface area (Å²) >= 11 is 1.24. The maximum Gasteiger partial charge on any atom is 0.341 e. The van der Waals surface area contributed by atoms with Crippen LogP contribution in [0.25, 0.3) is 11.3 Å². The Bertz CT molecular complexity index is 940. The van der Waals surface area contributed by atoms with Gasteiger partial charge in [-0.2, -0.15) is 0 Å². The van der Waals surface area contributed by atoms with Crippen LogP contribution in [-0.2, 0) is 4.79 Å². The number of aromatic nitrogens is 1. The molecule has 2 aromatic carbocycles. The number of carbonyl (C=O) groups is 2. The summed E-state index contributed by atoms with van der Waals surface area (Å²) in [6.07, 6.45) is 0. The summed E-state index contributed by atoms with van der Waals surface area (Å²) in [5, 5.41) is 13.4. The van der Waals surface area contributed by atoms with Crippen LogP contribution in [0.3, 0.4) is 0 Å². The molecule has 0 atom stereocenters. The zero-order chi connectivity index (χ0) is 18.5. The number of amides is 1. The zero-order valence-electron chi connectivity index (χ0n) is 13.3. The molecule has 1 amide bonds. The first-order valence-corrected chi connectivity index (χ1v) is 8.37. The number of carboxylic acids is 1. The Morgan fingerprint density at radius 1 is 1.19 bits per heavy atom. The first kappa shape index (κ1) is 17.6. The van der Waals surface area contributed by atoms with Crippen LogP contribution < -0.4 is 10.1 Å². The third-order valence-electron chi connectivity index (χ3n) is 3.32. The van der Waals surface area contributed by atoms with Crippen molar-refractivity contribution in [1.82, 2.24) is 4.98 Å². The highest BCUT2D eigenvalue weighted by molar-refractivity contribution is 7.14. The zero-order valence-corrected chi connectivity index (χ0v) is 14.1. The summed E-state index contributed by atoms with van der Waals surface area (Å²) in [6, 6.07) is 12.2. The van der Waals surface area contributed by atoms with Gasteiger partial charge in [0, 0.05) is 16.5 Å². The van der Waals surface area contributed by atoms with Crippen molar-refractivity contribution in [3.8, 4) is 17.0 Å². The van der Waals surface area contributed by atoms with Crippen LogP contribution in [0.4, 0.5) is 9.52 Å². The molecular weight excluding hydrogens is 359 g/mol. The second kappa shape index (κ2) is 7.75. The number of carboxylic acid groups (broad SMARTS) is 1. The van der Waals surface area contributed by atoms with Gasteiger partial charge in [-0.05, 0) is 42.5 Å². The molecule has 3 aromatic rings. The lowest BCUT2D eigenvalue weighted by Crippen LogP contribution is -2.11. The molecule has 0 aliphatic carbocycles. The summed E-state index contributed by atoms with van der Waals surface area (Å²) in [6.45, 7) is -0.410. The Hall–Kier alpha value is -3.26. The van der Waals surface area contributed by atoms with Gasteiger partial charge in [-0.3, -0.25) is 10.1 Å². The summed E-state index contributed by atoms with van der Waals surface area (Å²) < 4.78 is 18.3. The lowest BCUT2D eigenvalue weighted by molar-refractivity contribution is -0.139. The highest BCUT2D eigenvalue weighted by Gasteiger charge is 2.11. The Morgan fingerprint density at radius 3 is 2.65 bits per heavy atom. The van der Waals surface area contributed by atoms with Gasteiger partial charge in [-0.25, -0.2) is 14.2 Å². The summed E-state index contributed by atoms with van der Waals surface area (Å²) in [7, 11) is 0. The summed E-state index contributed by atoms with van der Waals surface area (Å²) in [4.78, 5) is 26.9. The molecule has 0 radical (unpaired) electrons. The first-order chi connectivity index (χ1) is 12.5. The van der Waals surface area contributed by atoms with Crippen LogP contribution in [0.1, 0.15) is 10.4 Å². The summed E-state index contributed by atoms with van der Waals surface area (Å²) in [5.41, 5.74) is 1.64. The highest BCUT2D eigenvalue weighted by Crippen LogP contribution is 2.26. The van der Waals surface area contributed by atoms with E-state index in [1.165, 1.54) is 29.5 Å². The molecule has 2 N–H and O–H groups in total. The molecule has 26 heavy (non-hydrogen) atoms. The van der Waals surface area contributed by atoms with Crippen molar-refractivity contribution in [1.29, 1.82) is 0 Å². The number of nitrogens with one attached hydrogen (secondary N) is 1. The van der Waals surface area contributed by atoms with E-state index in [4.69, 9.17) is 9.84 Å². The predicted octanol–water partition coefficient (Wildman–Crippen LogP) is 3.66. The fourth-order valence-electron chi connectivity index (χ4n) is 2.13. The van der Waals surface area contributed by atoms with E-state index in [0.29, 0.717) is 16.6 Å². The normalized spacial score (nSPS) is 10.3. The lowest BCUT2D eigenvalue weighted by Gasteiger charge is -2.04. The third kappa shape index (κ3) is 4.42. The van der Waals surface area contributed by atoms with Crippen molar-refractivity contribution in [2.45, 2.75) is 0 Å². The molecule has 0 unspecified atom stereocenters. The van der Waals surface area contributed by atoms with Crippen molar-refractivity contribution < 1.29 is 23.8 Å². The molecule has 1 heterocycles. The molecule has 0 saturated heterocycles. The monoisotopic (exact) mass is 372 g/mol. The number of hydrogen-bond donors (Lipinski definition) is 2. The van der Waals surface area contributed by atoms with Crippen LogP contribution in [0.2, 0.25) is 0 Å². The molecule has 0 fully saturated rings. The minimum Gasteiger partial charge on any atom is -0.482 e. The average Bonchev–Trinajstić information content (AvgIpc) is 3.09. The standard InChI is InChI=1S/C18H13FN2O4S/c19-13-3-1-2-12(8-13)17(24)21-18-20-15(10-26-18)11-4-6-14(7-5-11)25-9-16(22)23/h1-8,10H,9H2,(H,22,23)(H,20,21,24). The Labute approximate surface area is 151 Å². The van der Waals surface area contributed by atoms with E-state index in [9.17, 15) is 14.0 Å². The van der Waals surface area contributed by atoms with Crippen LogP contribution >= 0.6 is 11.3 Å². The third-order valence-corrected chi connectivity index (χ3v) is 4.08. The molecule has 0 spiro atoms. The van der Waals surface area contributed by atoms with Crippen LogP contribution in [-0.4, -0.2) is 28.6 Å². The van der Waals surface area contributed by atoms with Crippen molar-refractivity contribution in [3.05, 3.63) is 65.3 Å². The molecule has 132 valence electrons. The molecule has 8 heteroatoms. The van der Waals surface area contributed by atoms with Gasteiger partial charge in [0.25, 0.3) is 5.91 Å². The minimum absolute atomic E-state index is 0.210. The topological polar surface area (TPSA) is 88.5 Å². The van der Waals surface area contributed by atoms with Gasteiger partial charge in [0.2, 0.25) is 0 Å². The van der Waals surface area contributed by atoms with E-state index >= 15 is 0 Å². The van der Waals surface area contributed by atoms with E-state index in [-0.39, 0.29) is 5.56 Å². The molecule has 0 aliphatic rings. The quantitative estimate of drug-likeness (QED) is 0.689. The molecule has 6 nitrogen and oxygen atoms in total. The number of halogens is 1. The number of rotatable bonds is 6. The van der Waals surface area contributed by atoms with Crippen LogP contribution in [0, 0.1) is 5.82 Å². The highest BCUT2D eigenvalue weighted by atomic mass is 32.1. The molecule has 0 aliphatic heterocycles. The van der Waals surface area contributed by atoms with E-state index < -0.39 is 24.3 Å². The second-order valence-electron chi connectivity index (χ2n) is 5.21. The molecular formula is C18H13FN2O4S. The van der Waals surface area contributed by atoms with Gasteiger partial charge < -0.3 is 9.84 Å². The number of thiazole rings is 1. The van der Waals surface area contributed by atoms with Gasteiger partial charge in [0.15, 0.2) is 11.7 Å². The van der Waals surface area contributed by atoms with Crippen molar-refractivity contribution >= 4 is 28.3 Å². The maximum absolute atomic E-state index is 13.2. The van der Waals surface area contributed by atoms with E-state index in [0.717, 1.165) is 11.6 Å². The number of anilines is 1. The minimum atomic E-state index is -1.05. The number of benzene rings is 2. The lowest BCUT2D eigenvalue weighted by atomic mass is 10.2. The number of aliphatic carboxylic acids is 1. The number of hydrogen-bond acceptors (Lipinski definition) is 5. The van der Waals surface area contributed by atoms with Gasteiger partial charge >= 0.3 is 5.97 Å². The largest absolute Gasteiger partial charge is 0.482 e.